The van der Waals surface area contributed by atoms with Gasteiger partial charge < -0.3 is 14.2 Å². The number of rotatable bonds is 7. The van der Waals surface area contributed by atoms with E-state index >= 15 is 0 Å². The first-order chi connectivity index (χ1) is 13.2. The lowest BCUT2D eigenvalue weighted by molar-refractivity contribution is -0.149. The molecule has 28 heavy (non-hydrogen) atoms. The van der Waals surface area contributed by atoms with Crippen LogP contribution in [-0.4, -0.2) is 54.4 Å². The number of methoxy groups -OCH3 is 1. The molecule has 1 aromatic carbocycles. The Kier molecular flexibility index (Phi) is 7.64. The Labute approximate surface area is 174 Å². The Hall–Kier alpha value is -2.33. The van der Waals surface area contributed by atoms with Crippen LogP contribution in [0.25, 0.3) is 6.08 Å². The van der Waals surface area contributed by atoms with Crippen LogP contribution in [0.5, 0.6) is 5.75 Å². The molecule has 0 aliphatic carbocycles. The number of esters is 2. The van der Waals surface area contributed by atoms with Crippen LogP contribution < -0.4 is 4.74 Å². The van der Waals surface area contributed by atoms with Gasteiger partial charge in [0, 0.05) is 10.0 Å². The van der Waals surface area contributed by atoms with Crippen molar-refractivity contribution in [1.29, 1.82) is 0 Å². The Morgan fingerprint density at radius 1 is 1.25 bits per heavy atom. The maximum atomic E-state index is 12.5. The van der Waals surface area contributed by atoms with E-state index < -0.39 is 29.6 Å². The van der Waals surface area contributed by atoms with E-state index in [2.05, 4.69) is 20.7 Å². The fourth-order valence-electron chi connectivity index (χ4n) is 2.17. The normalized spacial score (nSPS) is 15.3. The number of hydrogen-bond donors (Lipinski definition) is 0. The van der Waals surface area contributed by atoms with Crippen molar-refractivity contribution in [1.82, 2.24) is 4.90 Å². The van der Waals surface area contributed by atoms with Gasteiger partial charge in [-0.1, -0.05) is 15.9 Å². The average Bonchev–Trinajstić information content (AvgIpc) is 2.87. The number of benzene rings is 1. The molecule has 1 heterocycles. The number of halogens is 1. The largest absolute Gasteiger partial charge is 0.481 e. The third-order valence-corrected chi connectivity index (χ3v) is 4.76. The van der Waals surface area contributed by atoms with E-state index in [0.29, 0.717) is 27.5 Å². The summed E-state index contributed by atoms with van der Waals surface area (Å²) in [5, 5.41) is -0.566. The molecule has 150 valence electrons. The number of imide groups is 1. The van der Waals surface area contributed by atoms with Gasteiger partial charge in [-0.05, 0) is 49.9 Å². The first kappa shape index (κ1) is 22.0. The number of ether oxygens (including phenoxy) is 3. The lowest BCUT2D eigenvalue weighted by Crippen LogP contribution is -2.35. The topological polar surface area (TPSA) is 99.2 Å². The zero-order valence-corrected chi connectivity index (χ0v) is 17.8. The van der Waals surface area contributed by atoms with Crippen LogP contribution in [0.3, 0.4) is 0 Å². The van der Waals surface area contributed by atoms with Crippen molar-refractivity contribution in [3.63, 3.8) is 0 Å². The van der Waals surface area contributed by atoms with E-state index in [0.717, 1.165) is 4.90 Å². The number of carbonyl (C=O) groups is 4. The molecule has 8 nitrogen and oxygen atoms in total. The summed E-state index contributed by atoms with van der Waals surface area (Å²) in [6, 6.07) is 4.99. The molecule has 1 aromatic rings. The minimum atomic E-state index is -0.664. The summed E-state index contributed by atoms with van der Waals surface area (Å²) < 4.78 is 15.6. The van der Waals surface area contributed by atoms with Gasteiger partial charge in [0.05, 0.1) is 18.1 Å². The number of carbonyl (C=O) groups excluding carboxylic acids is 4. The highest BCUT2D eigenvalue weighted by Gasteiger charge is 2.37. The SMILES string of the molecule is COC(=O)COc1ccc(Br)cc1/C=C1\SC(=O)N(CC(=O)OC(C)C)C1=O. The lowest BCUT2D eigenvalue weighted by Gasteiger charge is -2.13. The van der Waals surface area contributed by atoms with Crippen LogP contribution in [-0.2, 0) is 23.9 Å². The standard InChI is InChI=1S/C18H18BrNO7S/c1-10(2)27-15(21)8-20-17(23)14(28-18(20)24)7-11-6-12(19)4-5-13(11)26-9-16(22)25-3/h4-7,10H,8-9H2,1-3H3/b14-7-. The van der Waals surface area contributed by atoms with E-state index in [1.54, 1.807) is 32.0 Å². The van der Waals surface area contributed by atoms with Crippen molar-refractivity contribution in [2.75, 3.05) is 20.3 Å². The molecule has 0 unspecified atom stereocenters. The van der Waals surface area contributed by atoms with Gasteiger partial charge in [-0.2, -0.15) is 0 Å². The summed E-state index contributed by atoms with van der Waals surface area (Å²) in [6.07, 6.45) is 1.12. The number of nitrogens with zero attached hydrogens (tertiary/aromatic N) is 1. The summed E-state index contributed by atoms with van der Waals surface area (Å²) in [5.74, 6) is -1.49. The van der Waals surface area contributed by atoms with E-state index in [-0.39, 0.29) is 17.6 Å². The average molecular weight is 472 g/mol. The maximum absolute atomic E-state index is 12.5. The Morgan fingerprint density at radius 2 is 1.96 bits per heavy atom. The van der Waals surface area contributed by atoms with Gasteiger partial charge in [0.25, 0.3) is 11.1 Å². The van der Waals surface area contributed by atoms with Crippen molar-refractivity contribution in [2.24, 2.45) is 0 Å². The molecule has 0 radical (unpaired) electrons. The molecule has 10 heteroatoms. The van der Waals surface area contributed by atoms with Gasteiger partial charge in [-0.25, -0.2) is 4.79 Å². The summed E-state index contributed by atoms with van der Waals surface area (Å²) in [6.45, 7) is 2.59. The van der Waals surface area contributed by atoms with Crippen molar-refractivity contribution < 1.29 is 33.4 Å². The van der Waals surface area contributed by atoms with Crippen LogP contribution in [0.2, 0.25) is 0 Å². The number of thioether (sulfide) groups is 1. The molecule has 0 atom stereocenters. The van der Waals surface area contributed by atoms with Crippen molar-refractivity contribution in [2.45, 2.75) is 20.0 Å². The van der Waals surface area contributed by atoms with Gasteiger partial charge in [0.2, 0.25) is 0 Å². The summed E-state index contributed by atoms with van der Waals surface area (Å²) in [5.41, 5.74) is 0.480. The lowest BCUT2D eigenvalue weighted by atomic mass is 10.2. The molecule has 0 saturated carbocycles. The third-order valence-electron chi connectivity index (χ3n) is 3.36. The minimum Gasteiger partial charge on any atom is -0.481 e. The Bertz CT molecular complexity index is 837. The summed E-state index contributed by atoms with van der Waals surface area (Å²) in [7, 11) is 1.24. The molecular weight excluding hydrogens is 454 g/mol. The molecule has 1 fully saturated rings. The Balaban J connectivity index is 2.22. The first-order valence-corrected chi connectivity index (χ1v) is 9.76. The van der Waals surface area contributed by atoms with Gasteiger partial charge in [-0.3, -0.25) is 19.3 Å². The number of amides is 2. The van der Waals surface area contributed by atoms with E-state index in [4.69, 9.17) is 9.47 Å². The zero-order valence-electron chi connectivity index (χ0n) is 15.4. The first-order valence-electron chi connectivity index (χ1n) is 8.15. The van der Waals surface area contributed by atoms with Crippen LogP contribution in [0.4, 0.5) is 4.79 Å². The second-order valence-corrected chi connectivity index (χ2v) is 7.76. The van der Waals surface area contributed by atoms with Crippen LogP contribution in [0.1, 0.15) is 19.4 Å². The molecule has 0 bridgehead atoms. The molecule has 2 rings (SSSR count). The van der Waals surface area contributed by atoms with Gasteiger partial charge in [0.1, 0.15) is 12.3 Å². The molecule has 1 aliphatic heterocycles. The summed E-state index contributed by atoms with van der Waals surface area (Å²) >= 11 is 4.04. The minimum absolute atomic E-state index is 0.128. The van der Waals surface area contributed by atoms with Gasteiger partial charge >= 0.3 is 11.9 Å². The van der Waals surface area contributed by atoms with E-state index in [1.165, 1.54) is 13.2 Å². The number of hydrogen-bond acceptors (Lipinski definition) is 8. The van der Waals surface area contributed by atoms with Gasteiger partial charge in [-0.15, -0.1) is 0 Å². The predicted octanol–water partition coefficient (Wildman–Crippen LogP) is 2.99. The van der Waals surface area contributed by atoms with Crippen LogP contribution in [0.15, 0.2) is 27.6 Å². The molecule has 1 aliphatic rings. The van der Waals surface area contributed by atoms with Crippen molar-refractivity contribution in [3.05, 3.63) is 33.1 Å². The molecule has 2 amide bonds. The molecule has 1 saturated heterocycles. The second-order valence-electron chi connectivity index (χ2n) is 5.85. The Morgan fingerprint density at radius 3 is 2.61 bits per heavy atom. The quantitative estimate of drug-likeness (QED) is 0.441. The zero-order chi connectivity index (χ0) is 20.8. The third kappa shape index (κ3) is 5.83. The second kappa shape index (κ2) is 9.74. The predicted molar refractivity (Wildman–Crippen MR) is 106 cm³/mol. The smallest absolute Gasteiger partial charge is 0.343 e. The van der Waals surface area contributed by atoms with Crippen LogP contribution >= 0.6 is 27.7 Å². The highest BCUT2D eigenvalue weighted by atomic mass is 79.9. The van der Waals surface area contributed by atoms with Crippen molar-refractivity contribution in [3.8, 4) is 5.75 Å². The maximum Gasteiger partial charge on any atom is 0.343 e. The fraction of sp³-hybridized carbons (Fsp3) is 0.333. The summed E-state index contributed by atoms with van der Waals surface area (Å²) in [4.78, 5) is 48.7. The molecular formula is C18H18BrNO7S. The monoisotopic (exact) mass is 471 g/mol. The molecule has 0 aromatic heterocycles. The fourth-order valence-corrected chi connectivity index (χ4v) is 3.37. The highest BCUT2D eigenvalue weighted by Crippen LogP contribution is 2.34. The molecule has 0 N–H and O–H groups in total. The van der Waals surface area contributed by atoms with E-state index in [1.807, 2.05) is 0 Å². The van der Waals surface area contributed by atoms with Gasteiger partial charge in [0.15, 0.2) is 6.61 Å². The van der Waals surface area contributed by atoms with Crippen LogP contribution in [0, 0.1) is 0 Å². The van der Waals surface area contributed by atoms with E-state index in [9.17, 15) is 19.2 Å². The van der Waals surface area contributed by atoms with Crippen molar-refractivity contribution >= 4 is 56.9 Å². The molecule has 0 spiro atoms. The highest BCUT2D eigenvalue weighted by molar-refractivity contribution is 9.10.